The van der Waals surface area contributed by atoms with Crippen molar-refractivity contribution in [1.29, 1.82) is 0 Å². The smallest absolute Gasteiger partial charge is 0.232 e. The van der Waals surface area contributed by atoms with Gasteiger partial charge in [0.2, 0.25) is 15.9 Å². The number of halogens is 1. The van der Waals surface area contributed by atoms with Crippen LogP contribution in [-0.2, 0) is 21.2 Å². The van der Waals surface area contributed by atoms with Crippen molar-refractivity contribution in [3.05, 3.63) is 65.0 Å². The molecule has 2 aromatic rings. The largest absolute Gasteiger partial charge is 0.356 e. The third-order valence-corrected chi connectivity index (χ3v) is 5.42. The van der Waals surface area contributed by atoms with Crippen LogP contribution < -0.4 is 9.62 Å². The number of hydrogen-bond donors (Lipinski definition) is 1. The number of carbonyl (C=O) groups is 1. The van der Waals surface area contributed by atoms with Crippen LogP contribution in [0.2, 0.25) is 0 Å². The highest BCUT2D eigenvalue weighted by molar-refractivity contribution is 7.92. The Labute approximate surface area is 160 Å². The molecule has 0 aliphatic heterocycles. The lowest BCUT2D eigenvalue weighted by Crippen LogP contribution is -2.35. The Morgan fingerprint density at radius 3 is 2.48 bits per heavy atom. The molecule has 0 spiro atoms. The Balaban J connectivity index is 1.95. The molecular weight excluding hydrogens is 367 g/mol. The van der Waals surface area contributed by atoms with Gasteiger partial charge in [-0.2, -0.15) is 0 Å². The zero-order valence-corrected chi connectivity index (χ0v) is 16.6. The maximum Gasteiger partial charge on any atom is 0.232 e. The third kappa shape index (κ3) is 6.06. The molecule has 0 aromatic heterocycles. The summed E-state index contributed by atoms with van der Waals surface area (Å²) >= 11 is 0. The minimum Gasteiger partial charge on any atom is -0.356 e. The topological polar surface area (TPSA) is 66.5 Å². The number of carbonyl (C=O) groups excluding carboxylic acids is 1. The molecule has 0 heterocycles. The average Bonchev–Trinajstić information content (AvgIpc) is 2.57. The van der Waals surface area contributed by atoms with Gasteiger partial charge in [-0.1, -0.05) is 35.9 Å². The third-order valence-electron chi connectivity index (χ3n) is 4.24. The predicted octanol–water partition coefficient (Wildman–Crippen LogP) is 2.96. The fourth-order valence-corrected chi connectivity index (χ4v) is 3.86. The molecule has 0 unspecified atom stereocenters. The van der Waals surface area contributed by atoms with E-state index >= 15 is 0 Å². The number of sulfonamides is 1. The molecule has 1 N–H and O–H groups in total. The molecular formula is C20H25FN2O3S. The van der Waals surface area contributed by atoms with Gasteiger partial charge in [-0.25, -0.2) is 12.8 Å². The predicted molar refractivity (Wildman–Crippen MR) is 106 cm³/mol. The van der Waals surface area contributed by atoms with E-state index in [0.29, 0.717) is 24.2 Å². The fourth-order valence-electron chi connectivity index (χ4n) is 2.88. The fraction of sp³-hybridized carbons (Fsp3) is 0.350. The molecule has 0 radical (unpaired) electrons. The number of amides is 1. The Hall–Kier alpha value is -2.41. The van der Waals surface area contributed by atoms with Crippen molar-refractivity contribution < 1.29 is 17.6 Å². The average molecular weight is 392 g/mol. The van der Waals surface area contributed by atoms with E-state index in [1.165, 1.54) is 10.4 Å². The SMILES string of the molecule is Cc1ccc(N(CCC(=O)NCCc2ccccc2F)S(C)(=O)=O)c(C)c1. The van der Waals surface area contributed by atoms with Gasteiger partial charge in [0.05, 0.1) is 11.9 Å². The number of nitrogens with one attached hydrogen (secondary N) is 1. The van der Waals surface area contributed by atoms with E-state index in [1.54, 1.807) is 24.3 Å². The molecule has 0 aliphatic rings. The Kier molecular flexibility index (Phi) is 6.96. The molecule has 27 heavy (non-hydrogen) atoms. The van der Waals surface area contributed by atoms with Crippen molar-refractivity contribution in [3.8, 4) is 0 Å². The lowest BCUT2D eigenvalue weighted by molar-refractivity contribution is -0.120. The van der Waals surface area contributed by atoms with Crippen LogP contribution in [0.5, 0.6) is 0 Å². The Bertz CT molecular complexity index is 913. The second-order valence-electron chi connectivity index (χ2n) is 6.57. The van der Waals surface area contributed by atoms with E-state index in [2.05, 4.69) is 5.32 Å². The minimum absolute atomic E-state index is 0.0255. The summed E-state index contributed by atoms with van der Waals surface area (Å²) in [6.07, 6.45) is 1.53. The van der Waals surface area contributed by atoms with Gasteiger partial charge in [-0.3, -0.25) is 9.10 Å². The monoisotopic (exact) mass is 392 g/mol. The van der Waals surface area contributed by atoms with Gasteiger partial charge in [0, 0.05) is 19.5 Å². The summed E-state index contributed by atoms with van der Waals surface area (Å²) in [5.74, 6) is -0.574. The van der Waals surface area contributed by atoms with Crippen molar-refractivity contribution in [3.63, 3.8) is 0 Å². The molecule has 0 atom stereocenters. The van der Waals surface area contributed by atoms with Crippen molar-refractivity contribution >= 4 is 21.6 Å². The zero-order chi connectivity index (χ0) is 20.0. The number of benzene rings is 2. The Morgan fingerprint density at radius 1 is 1.15 bits per heavy atom. The summed E-state index contributed by atoms with van der Waals surface area (Å²) in [6.45, 7) is 4.12. The first-order valence-corrected chi connectivity index (χ1v) is 10.6. The van der Waals surface area contributed by atoms with E-state index in [9.17, 15) is 17.6 Å². The number of aryl methyl sites for hydroxylation is 2. The molecule has 0 bridgehead atoms. The van der Waals surface area contributed by atoms with Gasteiger partial charge in [-0.05, 0) is 43.5 Å². The summed E-state index contributed by atoms with van der Waals surface area (Å²) < 4.78 is 39.2. The van der Waals surface area contributed by atoms with Crippen molar-refractivity contribution in [2.45, 2.75) is 26.7 Å². The first kappa shape index (κ1) is 20.9. The number of hydrogen-bond acceptors (Lipinski definition) is 3. The lowest BCUT2D eigenvalue weighted by atomic mass is 10.1. The number of anilines is 1. The molecule has 146 valence electrons. The van der Waals surface area contributed by atoms with Crippen LogP contribution in [0, 0.1) is 19.7 Å². The van der Waals surface area contributed by atoms with Gasteiger partial charge >= 0.3 is 0 Å². The van der Waals surface area contributed by atoms with Crippen LogP contribution >= 0.6 is 0 Å². The van der Waals surface area contributed by atoms with Crippen LogP contribution in [0.4, 0.5) is 10.1 Å². The van der Waals surface area contributed by atoms with E-state index < -0.39 is 10.0 Å². The highest BCUT2D eigenvalue weighted by Gasteiger charge is 2.20. The molecule has 0 aliphatic carbocycles. The van der Waals surface area contributed by atoms with Gasteiger partial charge in [-0.15, -0.1) is 0 Å². The quantitative estimate of drug-likeness (QED) is 0.751. The van der Waals surface area contributed by atoms with Gasteiger partial charge in [0.15, 0.2) is 0 Å². The summed E-state index contributed by atoms with van der Waals surface area (Å²) in [7, 11) is -3.51. The summed E-state index contributed by atoms with van der Waals surface area (Å²) in [5, 5.41) is 2.71. The molecule has 0 fully saturated rings. The molecule has 5 nitrogen and oxygen atoms in total. The van der Waals surface area contributed by atoms with E-state index in [0.717, 1.165) is 17.4 Å². The molecule has 1 amide bonds. The van der Waals surface area contributed by atoms with Gasteiger partial charge < -0.3 is 5.32 Å². The summed E-state index contributed by atoms with van der Waals surface area (Å²) in [6, 6.07) is 11.9. The number of rotatable bonds is 8. The first-order chi connectivity index (χ1) is 12.7. The molecule has 0 saturated heterocycles. The normalized spacial score (nSPS) is 11.3. The van der Waals surface area contributed by atoms with Crippen LogP contribution in [-0.4, -0.2) is 33.7 Å². The Morgan fingerprint density at radius 2 is 1.85 bits per heavy atom. The van der Waals surface area contributed by atoms with E-state index in [1.807, 2.05) is 26.0 Å². The molecule has 2 aromatic carbocycles. The van der Waals surface area contributed by atoms with Crippen LogP contribution in [0.25, 0.3) is 0 Å². The van der Waals surface area contributed by atoms with Crippen LogP contribution in [0.1, 0.15) is 23.1 Å². The van der Waals surface area contributed by atoms with Crippen LogP contribution in [0.3, 0.4) is 0 Å². The van der Waals surface area contributed by atoms with E-state index in [4.69, 9.17) is 0 Å². The number of nitrogens with zero attached hydrogens (tertiary/aromatic N) is 1. The highest BCUT2D eigenvalue weighted by atomic mass is 32.2. The van der Waals surface area contributed by atoms with Gasteiger partial charge in [0.25, 0.3) is 0 Å². The highest BCUT2D eigenvalue weighted by Crippen LogP contribution is 2.23. The standard InChI is InChI=1S/C20H25FN2O3S/c1-15-8-9-19(16(2)14-15)23(27(3,25)26)13-11-20(24)22-12-10-17-6-4-5-7-18(17)21/h4-9,14H,10-13H2,1-3H3,(H,22,24). The second kappa shape index (κ2) is 8.99. The zero-order valence-electron chi connectivity index (χ0n) is 15.8. The molecule has 2 rings (SSSR count). The van der Waals surface area contributed by atoms with E-state index in [-0.39, 0.29) is 24.7 Å². The summed E-state index contributed by atoms with van der Waals surface area (Å²) in [4.78, 5) is 12.1. The molecule has 7 heteroatoms. The van der Waals surface area contributed by atoms with Crippen molar-refractivity contribution in [2.75, 3.05) is 23.7 Å². The molecule has 0 saturated carbocycles. The minimum atomic E-state index is -3.51. The van der Waals surface area contributed by atoms with Crippen LogP contribution in [0.15, 0.2) is 42.5 Å². The van der Waals surface area contributed by atoms with Crippen molar-refractivity contribution in [1.82, 2.24) is 5.32 Å². The lowest BCUT2D eigenvalue weighted by Gasteiger charge is -2.24. The second-order valence-corrected chi connectivity index (χ2v) is 8.47. The first-order valence-electron chi connectivity index (χ1n) is 8.73. The summed E-state index contributed by atoms with van der Waals surface area (Å²) in [5.41, 5.74) is 2.98. The van der Waals surface area contributed by atoms with Crippen molar-refractivity contribution in [2.24, 2.45) is 0 Å². The van der Waals surface area contributed by atoms with Gasteiger partial charge in [0.1, 0.15) is 5.82 Å². The maximum absolute atomic E-state index is 13.6. The maximum atomic E-state index is 13.6.